The maximum absolute atomic E-state index is 13.5. The molecule has 30 heavy (non-hydrogen) atoms. The first kappa shape index (κ1) is 20.9. The van der Waals surface area contributed by atoms with Gasteiger partial charge < -0.3 is 9.47 Å². The Kier molecular flexibility index (Phi) is 5.49. The molecule has 0 aliphatic carbocycles. The van der Waals surface area contributed by atoms with Crippen molar-refractivity contribution >= 4 is 11.8 Å². The van der Waals surface area contributed by atoms with Crippen LogP contribution in [0.1, 0.15) is 5.69 Å². The highest BCUT2D eigenvalue weighted by atomic mass is 19.4. The van der Waals surface area contributed by atoms with Gasteiger partial charge in [-0.25, -0.2) is 14.8 Å². The number of carbonyl (C=O) groups excluding carboxylic acids is 1. The lowest BCUT2D eigenvalue weighted by atomic mass is 10.3. The zero-order chi connectivity index (χ0) is 21.9. The summed E-state index contributed by atoms with van der Waals surface area (Å²) in [5.41, 5.74) is -1.98. The summed E-state index contributed by atoms with van der Waals surface area (Å²) >= 11 is 0. The lowest BCUT2D eigenvalue weighted by Crippen LogP contribution is -2.22. The highest BCUT2D eigenvalue weighted by molar-refractivity contribution is 5.88. The number of hydrogen-bond acceptors (Lipinski definition) is 6. The molecule has 0 saturated heterocycles. The van der Waals surface area contributed by atoms with E-state index < -0.39 is 47.5 Å². The molecule has 0 atom stereocenters. The highest BCUT2D eigenvalue weighted by Gasteiger charge is 2.41. The minimum absolute atomic E-state index is 0.309. The molecule has 2 aromatic heterocycles. The van der Waals surface area contributed by atoms with Crippen LogP contribution in [-0.4, -0.2) is 32.2 Å². The number of nitrogens with one attached hydrogen (secondary N) is 1. The van der Waals surface area contributed by atoms with E-state index in [1.165, 1.54) is 30.6 Å². The Bertz CT molecular complexity index is 1040. The van der Waals surface area contributed by atoms with Crippen LogP contribution in [0.3, 0.4) is 0 Å². The smallest absolute Gasteiger partial charge is 0.406 e. The molecule has 0 bridgehead atoms. The molecule has 8 nitrogen and oxygen atoms in total. The van der Waals surface area contributed by atoms with Gasteiger partial charge >= 0.3 is 18.6 Å². The number of para-hydroxylation sites is 2. The summed E-state index contributed by atoms with van der Waals surface area (Å²) in [5.74, 6) is -2.24. The third-order valence-electron chi connectivity index (χ3n) is 3.30. The van der Waals surface area contributed by atoms with Crippen molar-refractivity contribution in [3.05, 3.63) is 54.6 Å². The van der Waals surface area contributed by atoms with E-state index in [4.69, 9.17) is 0 Å². The van der Waals surface area contributed by atoms with Gasteiger partial charge in [0.2, 0.25) is 0 Å². The van der Waals surface area contributed by atoms with Gasteiger partial charge in [-0.3, -0.25) is 5.32 Å². The predicted molar refractivity (Wildman–Crippen MR) is 86.9 cm³/mol. The van der Waals surface area contributed by atoms with E-state index in [1.54, 1.807) is 0 Å². The normalized spacial score (nSPS) is 11.8. The van der Waals surface area contributed by atoms with Crippen LogP contribution in [0, 0.1) is 0 Å². The fourth-order valence-electron chi connectivity index (χ4n) is 2.24. The molecule has 158 valence electrons. The zero-order valence-electron chi connectivity index (χ0n) is 14.4. The maximum Gasteiger partial charge on any atom is 0.573 e. The lowest BCUT2D eigenvalue weighted by Gasteiger charge is -2.14. The summed E-state index contributed by atoms with van der Waals surface area (Å²) in [7, 11) is 0. The molecule has 0 radical (unpaired) electrons. The number of amides is 1. The Labute approximate surface area is 163 Å². The first-order valence-electron chi connectivity index (χ1n) is 7.81. The second-order valence-electron chi connectivity index (χ2n) is 5.37. The number of aromatic nitrogens is 4. The summed E-state index contributed by atoms with van der Waals surface area (Å²) in [4.78, 5) is 19.3. The average Bonchev–Trinajstić information content (AvgIpc) is 3.07. The summed E-state index contributed by atoms with van der Waals surface area (Å²) in [6.45, 7) is 0. The fraction of sp³-hybridized carbons (Fsp3) is 0.125. The van der Waals surface area contributed by atoms with Crippen LogP contribution in [0.15, 0.2) is 48.9 Å². The third kappa shape index (κ3) is 4.95. The van der Waals surface area contributed by atoms with Gasteiger partial charge in [0.15, 0.2) is 17.2 Å². The van der Waals surface area contributed by atoms with Crippen LogP contribution in [0.4, 0.5) is 36.8 Å². The molecule has 2 heterocycles. The summed E-state index contributed by atoms with van der Waals surface area (Å²) in [6, 6.07) is 5.77. The van der Waals surface area contributed by atoms with E-state index in [9.17, 15) is 31.1 Å². The largest absolute Gasteiger partial charge is 0.573 e. The second-order valence-corrected chi connectivity index (χ2v) is 5.37. The molecule has 0 unspecified atom stereocenters. The highest BCUT2D eigenvalue weighted by Crippen LogP contribution is 2.37. The first-order chi connectivity index (χ1) is 14.0. The predicted octanol–water partition coefficient (Wildman–Crippen LogP) is 4.19. The number of ether oxygens (including phenoxy) is 2. The molecule has 0 aliphatic rings. The average molecular weight is 433 g/mol. The van der Waals surface area contributed by atoms with E-state index in [1.807, 2.05) is 5.32 Å². The van der Waals surface area contributed by atoms with Crippen molar-refractivity contribution < 1.29 is 40.6 Å². The number of rotatable bonds is 4. The van der Waals surface area contributed by atoms with Crippen LogP contribution in [0.25, 0.3) is 5.95 Å². The van der Waals surface area contributed by atoms with Crippen molar-refractivity contribution in [3.8, 4) is 17.4 Å². The molecule has 1 N–H and O–H groups in total. The van der Waals surface area contributed by atoms with Crippen molar-refractivity contribution in [1.29, 1.82) is 0 Å². The summed E-state index contributed by atoms with van der Waals surface area (Å²) in [6.07, 6.45) is -8.64. The van der Waals surface area contributed by atoms with E-state index >= 15 is 0 Å². The van der Waals surface area contributed by atoms with E-state index in [0.29, 0.717) is 10.9 Å². The van der Waals surface area contributed by atoms with Crippen molar-refractivity contribution in [2.45, 2.75) is 12.5 Å². The van der Waals surface area contributed by atoms with E-state index in [-0.39, 0.29) is 0 Å². The molecule has 1 amide bonds. The Morgan fingerprint density at radius 2 is 1.63 bits per heavy atom. The number of nitrogens with zero attached hydrogens (tertiary/aromatic N) is 4. The van der Waals surface area contributed by atoms with Crippen LogP contribution < -0.4 is 14.8 Å². The van der Waals surface area contributed by atoms with Crippen LogP contribution >= 0.6 is 0 Å². The number of hydrogen-bond donors (Lipinski definition) is 1. The van der Waals surface area contributed by atoms with E-state index in [2.05, 4.69) is 24.5 Å². The van der Waals surface area contributed by atoms with Crippen LogP contribution in [0.2, 0.25) is 0 Å². The number of carbonyl (C=O) groups is 1. The number of anilines is 1. The molecule has 3 rings (SSSR count). The SMILES string of the molecule is O=C(Nc1ccccc1OC(F)(F)F)Oc1cnn(-c2ncccn2)c1C(F)(F)F. The number of halogens is 6. The van der Waals surface area contributed by atoms with Gasteiger partial charge in [-0.15, -0.1) is 13.2 Å². The van der Waals surface area contributed by atoms with Gasteiger partial charge in [0.1, 0.15) is 0 Å². The third-order valence-corrected chi connectivity index (χ3v) is 3.30. The van der Waals surface area contributed by atoms with Gasteiger partial charge in [-0.2, -0.15) is 23.0 Å². The van der Waals surface area contributed by atoms with Gasteiger partial charge in [0, 0.05) is 12.4 Å². The Hall–Kier alpha value is -3.84. The van der Waals surface area contributed by atoms with Gasteiger partial charge in [0.25, 0.3) is 5.95 Å². The minimum atomic E-state index is -5.05. The first-order valence-corrected chi connectivity index (χ1v) is 7.81. The molecule has 1 aromatic carbocycles. The van der Waals surface area contributed by atoms with Gasteiger partial charge in [-0.1, -0.05) is 12.1 Å². The zero-order valence-corrected chi connectivity index (χ0v) is 14.4. The lowest BCUT2D eigenvalue weighted by molar-refractivity contribution is -0.274. The fourth-order valence-corrected chi connectivity index (χ4v) is 2.24. The van der Waals surface area contributed by atoms with Crippen molar-refractivity contribution in [3.63, 3.8) is 0 Å². The topological polar surface area (TPSA) is 91.2 Å². The van der Waals surface area contributed by atoms with Crippen molar-refractivity contribution in [2.24, 2.45) is 0 Å². The molecular formula is C16H9F6N5O3. The molecule has 0 saturated carbocycles. The monoisotopic (exact) mass is 433 g/mol. The van der Waals surface area contributed by atoms with Gasteiger partial charge in [-0.05, 0) is 18.2 Å². The molecule has 3 aromatic rings. The minimum Gasteiger partial charge on any atom is -0.406 e. The molecule has 0 spiro atoms. The summed E-state index contributed by atoms with van der Waals surface area (Å²) < 4.78 is 86.4. The van der Waals surface area contributed by atoms with Crippen molar-refractivity contribution in [2.75, 3.05) is 5.32 Å². The molecule has 0 aliphatic heterocycles. The molecule has 14 heteroatoms. The Morgan fingerprint density at radius 3 is 2.27 bits per heavy atom. The quantitative estimate of drug-likeness (QED) is 0.621. The molecule has 0 fully saturated rings. The number of alkyl halides is 6. The maximum atomic E-state index is 13.5. The Balaban J connectivity index is 1.86. The van der Waals surface area contributed by atoms with Gasteiger partial charge in [0.05, 0.1) is 11.9 Å². The van der Waals surface area contributed by atoms with E-state index in [0.717, 1.165) is 12.1 Å². The molecular weight excluding hydrogens is 424 g/mol. The van der Waals surface area contributed by atoms with Crippen LogP contribution in [-0.2, 0) is 6.18 Å². The Morgan fingerprint density at radius 1 is 0.967 bits per heavy atom. The standard InChI is InChI=1S/C16H9F6N5O3/c17-15(18,19)12-11(8-25-27(12)13-23-6-3-7-24-13)29-14(28)26-9-4-1-2-5-10(9)30-16(20,21)22/h1-8H,(H,26,28). The second kappa shape index (κ2) is 7.88. The van der Waals surface area contributed by atoms with Crippen LogP contribution in [0.5, 0.6) is 11.5 Å². The number of benzene rings is 1. The van der Waals surface area contributed by atoms with Crippen molar-refractivity contribution in [1.82, 2.24) is 19.7 Å². The summed E-state index contributed by atoms with van der Waals surface area (Å²) in [5, 5.41) is 5.36.